The highest BCUT2D eigenvalue weighted by Crippen LogP contribution is 2.22. The summed E-state index contributed by atoms with van der Waals surface area (Å²) in [5.74, 6) is 0.912. The van der Waals surface area contributed by atoms with E-state index in [1.807, 2.05) is 13.8 Å². The maximum atomic E-state index is 12.3. The molecule has 0 atom stereocenters. The average molecular weight is 345 g/mol. The summed E-state index contributed by atoms with van der Waals surface area (Å²) < 4.78 is 10.8. The van der Waals surface area contributed by atoms with Gasteiger partial charge in [0.25, 0.3) is 5.91 Å². The van der Waals surface area contributed by atoms with Gasteiger partial charge in [-0.3, -0.25) is 4.79 Å². The van der Waals surface area contributed by atoms with E-state index in [2.05, 4.69) is 5.32 Å². The molecule has 0 saturated heterocycles. The van der Waals surface area contributed by atoms with Crippen molar-refractivity contribution >= 4 is 11.9 Å². The third kappa shape index (κ3) is 4.41. The summed E-state index contributed by atoms with van der Waals surface area (Å²) in [7, 11) is 1.49. The van der Waals surface area contributed by atoms with Gasteiger partial charge in [-0.05, 0) is 37.1 Å². The number of carbonyl (C=O) groups is 2. The van der Waals surface area contributed by atoms with Crippen molar-refractivity contribution in [2.45, 2.75) is 33.1 Å². The fourth-order valence-corrected chi connectivity index (χ4v) is 2.51. The van der Waals surface area contributed by atoms with Crippen molar-refractivity contribution in [1.82, 2.24) is 5.32 Å². The Hall–Kier alpha value is -2.76. The summed E-state index contributed by atoms with van der Waals surface area (Å²) in [5, 5.41) is 11.9. The average Bonchev–Trinajstić information content (AvgIpc) is 2.97. The number of aryl methyl sites for hydroxylation is 1. The van der Waals surface area contributed by atoms with E-state index in [4.69, 9.17) is 14.3 Å². The van der Waals surface area contributed by atoms with Crippen molar-refractivity contribution in [3.8, 4) is 5.75 Å². The third-order valence-corrected chi connectivity index (χ3v) is 3.96. The number of aromatic carboxylic acids is 1. The van der Waals surface area contributed by atoms with E-state index in [1.165, 1.54) is 19.2 Å². The second kappa shape index (κ2) is 7.88. The molecule has 0 saturated carbocycles. The molecule has 0 radical (unpaired) electrons. The number of rotatable bonds is 7. The molecule has 0 aliphatic rings. The van der Waals surface area contributed by atoms with Crippen molar-refractivity contribution in [2.75, 3.05) is 13.7 Å². The van der Waals surface area contributed by atoms with Gasteiger partial charge in [-0.15, -0.1) is 0 Å². The first kappa shape index (κ1) is 18.6. The molecule has 25 heavy (non-hydrogen) atoms. The highest BCUT2D eigenvalue weighted by Gasteiger charge is 2.16. The molecule has 0 fully saturated rings. The van der Waals surface area contributed by atoms with Crippen LogP contribution in [0.3, 0.4) is 0 Å². The van der Waals surface area contributed by atoms with E-state index >= 15 is 0 Å². The molecule has 1 heterocycles. The van der Waals surface area contributed by atoms with Gasteiger partial charge in [0.2, 0.25) is 0 Å². The van der Waals surface area contributed by atoms with Crippen LogP contribution < -0.4 is 10.1 Å². The van der Waals surface area contributed by atoms with Gasteiger partial charge in [-0.1, -0.05) is 19.9 Å². The smallest absolute Gasteiger partial charge is 0.335 e. The van der Waals surface area contributed by atoms with Crippen LogP contribution in [-0.4, -0.2) is 30.6 Å². The molecule has 2 aromatic rings. The Morgan fingerprint density at radius 2 is 2.00 bits per heavy atom. The number of amides is 1. The number of carboxylic acids is 1. The van der Waals surface area contributed by atoms with Crippen LogP contribution in [0.15, 0.2) is 28.7 Å². The zero-order chi connectivity index (χ0) is 18.6. The van der Waals surface area contributed by atoms with E-state index in [1.54, 1.807) is 19.1 Å². The van der Waals surface area contributed by atoms with Crippen LogP contribution in [0.5, 0.6) is 5.75 Å². The van der Waals surface area contributed by atoms with Gasteiger partial charge in [0.05, 0.1) is 18.2 Å². The third-order valence-electron chi connectivity index (χ3n) is 3.96. The summed E-state index contributed by atoms with van der Waals surface area (Å²) in [4.78, 5) is 23.3. The molecule has 6 nitrogen and oxygen atoms in total. The second-order valence-corrected chi connectivity index (χ2v) is 6.11. The number of furan rings is 1. The van der Waals surface area contributed by atoms with Gasteiger partial charge in [0.1, 0.15) is 17.3 Å². The molecule has 1 amide bonds. The van der Waals surface area contributed by atoms with Crippen LogP contribution in [0.25, 0.3) is 0 Å². The van der Waals surface area contributed by atoms with Gasteiger partial charge in [0.15, 0.2) is 0 Å². The van der Waals surface area contributed by atoms with E-state index in [0.717, 1.165) is 11.3 Å². The van der Waals surface area contributed by atoms with Crippen LogP contribution >= 0.6 is 0 Å². The molecule has 6 heteroatoms. The lowest BCUT2D eigenvalue weighted by Gasteiger charge is -2.10. The molecule has 0 bridgehead atoms. The fraction of sp³-hybridized carbons (Fsp3) is 0.368. The summed E-state index contributed by atoms with van der Waals surface area (Å²) in [5.41, 5.74) is 1.54. The maximum Gasteiger partial charge on any atom is 0.335 e. The van der Waals surface area contributed by atoms with E-state index in [0.29, 0.717) is 30.0 Å². The Balaban J connectivity index is 2.01. The molecule has 2 rings (SSSR count). The number of methoxy groups -OCH3 is 1. The molecule has 2 N–H and O–H groups in total. The summed E-state index contributed by atoms with van der Waals surface area (Å²) in [6, 6.07) is 6.48. The zero-order valence-corrected chi connectivity index (χ0v) is 14.9. The summed E-state index contributed by atoms with van der Waals surface area (Å²) in [6.45, 7) is 6.19. The van der Waals surface area contributed by atoms with Gasteiger partial charge in [0, 0.05) is 12.5 Å². The number of carboxylic acid groups (broad SMARTS) is 1. The highest BCUT2D eigenvalue weighted by molar-refractivity contribution is 5.95. The predicted octanol–water partition coefficient (Wildman–Crippen LogP) is 3.39. The van der Waals surface area contributed by atoms with Crippen molar-refractivity contribution in [2.24, 2.45) is 0 Å². The molecule has 0 spiro atoms. The first-order valence-electron chi connectivity index (χ1n) is 8.12. The highest BCUT2D eigenvalue weighted by atomic mass is 16.5. The number of hydrogen-bond acceptors (Lipinski definition) is 4. The second-order valence-electron chi connectivity index (χ2n) is 6.11. The standard InChI is InChI=1S/C19H23NO5/c1-11(2)16-10-15(12(3)25-16)18(21)20-8-7-13-5-6-14(19(22)23)9-17(13)24-4/h5-6,9-11H,7-8H2,1-4H3,(H,20,21)(H,22,23). The van der Waals surface area contributed by atoms with Gasteiger partial charge < -0.3 is 19.6 Å². The molecular weight excluding hydrogens is 322 g/mol. The van der Waals surface area contributed by atoms with Crippen molar-refractivity contribution < 1.29 is 23.8 Å². The normalized spacial score (nSPS) is 10.8. The minimum Gasteiger partial charge on any atom is -0.496 e. The Morgan fingerprint density at radius 3 is 2.56 bits per heavy atom. The SMILES string of the molecule is COc1cc(C(=O)O)ccc1CCNC(=O)c1cc(C(C)C)oc1C. The van der Waals surface area contributed by atoms with Crippen LogP contribution in [0.2, 0.25) is 0 Å². The van der Waals surface area contributed by atoms with Gasteiger partial charge in [-0.2, -0.15) is 0 Å². The van der Waals surface area contributed by atoms with E-state index in [-0.39, 0.29) is 17.4 Å². The Kier molecular flexibility index (Phi) is 5.85. The molecular formula is C19H23NO5. The number of benzene rings is 1. The topological polar surface area (TPSA) is 88.8 Å². The molecule has 0 aliphatic carbocycles. The molecule has 1 aromatic carbocycles. The molecule has 0 aliphatic heterocycles. The Morgan fingerprint density at radius 1 is 1.28 bits per heavy atom. The largest absolute Gasteiger partial charge is 0.496 e. The van der Waals surface area contributed by atoms with Crippen LogP contribution in [0.4, 0.5) is 0 Å². The Labute approximate surface area is 146 Å². The predicted molar refractivity (Wildman–Crippen MR) is 93.5 cm³/mol. The monoisotopic (exact) mass is 345 g/mol. The molecule has 1 aromatic heterocycles. The maximum absolute atomic E-state index is 12.3. The minimum absolute atomic E-state index is 0.167. The summed E-state index contributed by atoms with van der Waals surface area (Å²) >= 11 is 0. The number of nitrogens with one attached hydrogen (secondary N) is 1. The number of carbonyl (C=O) groups excluding carboxylic acids is 1. The van der Waals surface area contributed by atoms with Crippen LogP contribution in [0.1, 0.15) is 57.6 Å². The lowest BCUT2D eigenvalue weighted by Crippen LogP contribution is -2.26. The van der Waals surface area contributed by atoms with E-state index in [9.17, 15) is 9.59 Å². The molecule has 134 valence electrons. The number of ether oxygens (including phenoxy) is 1. The van der Waals surface area contributed by atoms with Gasteiger partial charge >= 0.3 is 5.97 Å². The lowest BCUT2D eigenvalue weighted by molar-refractivity contribution is 0.0696. The van der Waals surface area contributed by atoms with E-state index < -0.39 is 5.97 Å². The zero-order valence-electron chi connectivity index (χ0n) is 14.9. The molecule has 0 unspecified atom stereocenters. The number of hydrogen-bond donors (Lipinski definition) is 2. The van der Waals surface area contributed by atoms with Gasteiger partial charge in [-0.25, -0.2) is 4.79 Å². The van der Waals surface area contributed by atoms with Crippen LogP contribution in [-0.2, 0) is 6.42 Å². The summed E-state index contributed by atoms with van der Waals surface area (Å²) in [6.07, 6.45) is 0.531. The quantitative estimate of drug-likeness (QED) is 0.803. The first-order valence-corrected chi connectivity index (χ1v) is 8.12. The van der Waals surface area contributed by atoms with Crippen molar-refractivity contribution in [3.63, 3.8) is 0 Å². The fourth-order valence-electron chi connectivity index (χ4n) is 2.51. The minimum atomic E-state index is -1.01. The van der Waals surface area contributed by atoms with Crippen LogP contribution in [0, 0.1) is 6.92 Å². The van der Waals surface area contributed by atoms with Crippen molar-refractivity contribution in [3.05, 3.63) is 52.5 Å². The lowest BCUT2D eigenvalue weighted by atomic mass is 10.1. The van der Waals surface area contributed by atoms with Crippen molar-refractivity contribution in [1.29, 1.82) is 0 Å². The first-order chi connectivity index (χ1) is 11.8. The Bertz CT molecular complexity index is 776.